The van der Waals surface area contributed by atoms with Crippen molar-refractivity contribution in [3.05, 3.63) is 65.4 Å². The third-order valence-corrected chi connectivity index (χ3v) is 4.57. The zero-order valence-corrected chi connectivity index (χ0v) is 15.1. The smallest absolute Gasteiger partial charge is 0.0906 e. The van der Waals surface area contributed by atoms with Crippen molar-refractivity contribution in [3.8, 4) is 0 Å². The van der Waals surface area contributed by atoms with E-state index in [0.717, 1.165) is 11.1 Å². The maximum absolute atomic E-state index is 8.26. The average Bonchev–Trinajstić information content (AvgIpc) is 2.60. The first-order chi connectivity index (χ1) is 12.0. The van der Waals surface area contributed by atoms with Gasteiger partial charge in [-0.3, -0.25) is 11.7 Å². The molecule has 1 aliphatic rings. The van der Waals surface area contributed by atoms with Gasteiger partial charge < -0.3 is 10.5 Å². The minimum atomic E-state index is -0.265. The Morgan fingerprint density at radius 2 is 2.04 bits per heavy atom. The first-order valence-electron chi connectivity index (χ1n) is 8.70. The van der Waals surface area contributed by atoms with Gasteiger partial charge in [0.1, 0.15) is 0 Å². The molecule has 0 amide bonds. The average molecular weight is 344 g/mol. The molecule has 1 aromatic carbocycles. The van der Waals surface area contributed by atoms with E-state index in [1.54, 1.807) is 5.01 Å². The van der Waals surface area contributed by atoms with E-state index >= 15 is 0 Å². The summed E-state index contributed by atoms with van der Waals surface area (Å²) in [5.41, 5.74) is 13.2. The molecule has 0 aliphatic heterocycles. The monoisotopic (exact) mass is 344 g/mol. The van der Waals surface area contributed by atoms with E-state index in [0.29, 0.717) is 19.8 Å². The molecule has 6 heteroatoms. The van der Waals surface area contributed by atoms with Crippen molar-refractivity contribution in [2.75, 3.05) is 13.2 Å². The Balaban J connectivity index is 1.84. The number of hydrazine groups is 2. The van der Waals surface area contributed by atoms with Crippen molar-refractivity contribution in [3.63, 3.8) is 0 Å². The van der Waals surface area contributed by atoms with E-state index in [4.69, 9.17) is 22.2 Å². The standard InChI is InChI=1S/C19H30N5O/c1-14-7-6-10-17(18(14)20)11-24(22)19(23-21)15(2)12-25-13-16-8-4-3-5-9-16/h3-10,14-15,18-20,23H,11-13,21-22H2,1-2H3/q-1/t14?,15-,18?,19?/m1/s1. The number of rotatable bonds is 9. The number of nitrogens with two attached hydrogens (primary N) is 2. The predicted octanol–water partition coefficient (Wildman–Crippen LogP) is 2.36. The Labute approximate surface area is 150 Å². The van der Waals surface area contributed by atoms with E-state index in [1.807, 2.05) is 62.4 Å². The summed E-state index contributed by atoms with van der Waals surface area (Å²) < 4.78 is 5.80. The molecular weight excluding hydrogens is 314 g/mol. The lowest BCUT2D eigenvalue weighted by atomic mass is 9.90. The number of hydrogen-bond donors (Lipinski definition) is 3. The molecule has 0 saturated carbocycles. The molecule has 25 heavy (non-hydrogen) atoms. The number of nitrogens with one attached hydrogen (secondary N) is 2. The molecular formula is C19H30N5O-. The largest absolute Gasteiger partial charge is 0.671 e. The second kappa shape index (κ2) is 9.82. The lowest BCUT2D eigenvalue weighted by Gasteiger charge is -2.37. The highest BCUT2D eigenvalue weighted by Gasteiger charge is 2.23. The van der Waals surface area contributed by atoms with Crippen LogP contribution < -0.4 is 17.1 Å². The minimum Gasteiger partial charge on any atom is -0.671 e. The fraction of sp³-hybridized carbons (Fsp3) is 0.474. The first kappa shape index (κ1) is 19.8. The van der Waals surface area contributed by atoms with Crippen LogP contribution in [0, 0.1) is 11.8 Å². The number of nitrogens with zero attached hydrogens (tertiary/aromatic N) is 1. The molecule has 1 aromatic rings. The fourth-order valence-corrected chi connectivity index (χ4v) is 2.98. The Morgan fingerprint density at radius 1 is 1.32 bits per heavy atom. The van der Waals surface area contributed by atoms with Gasteiger partial charge in [-0.2, -0.15) is 0 Å². The molecule has 4 atom stereocenters. The highest BCUT2D eigenvalue weighted by Crippen LogP contribution is 2.22. The highest BCUT2D eigenvalue weighted by atomic mass is 16.5. The molecule has 3 unspecified atom stereocenters. The molecule has 0 heterocycles. The Bertz CT molecular complexity index is 574. The van der Waals surface area contributed by atoms with Crippen molar-refractivity contribution < 1.29 is 4.74 Å². The van der Waals surface area contributed by atoms with Gasteiger partial charge in [-0.05, 0) is 11.5 Å². The summed E-state index contributed by atoms with van der Waals surface area (Å²) >= 11 is 0. The summed E-state index contributed by atoms with van der Waals surface area (Å²) in [7, 11) is 0. The van der Waals surface area contributed by atoms with Crippen LogP contribution in [-0.2, 0) is 11.3 Å². The number of ether oxygens (including phenoxy) is 1. The molecule has 0 fully saturated rings. The van der Waals surface area contributed by atoms with E-state index in [2.05, 4.69) is 5.43 Å². The predicted molar refractivity (Wildman–Crippen MR) is 102 cm³/mol. The third-order valence-electron chi connectivity index (χ3n) is 4.57. The van der Waals surface area contributed by atoms with Crippen LogP contribution in [-0.4, -0.2) is 30.4 Å². The Kier molecular flexibility index (Phi) is 7.77. The molecule has 6 N–H and O–H groups in total. The Morgan fingerprint density at radius 3 is 2.72 bits per heavy atom. The van der Waals surface area contributed by atoms with Gasteiger partial charge >= 0.3 is 0 Å². The highest BCUT2D eigenvalue weighted by molar-refractivity contribution is 5.29. The topological polar surface area (TPSA) is 100 Å². The summed E-state index contributed by atoms with van der Waals surface area (Å²) in [6, 6.07) is 9.80. The lowest BCUT2D eigenvalue weighted by Crippen LogP contribution is -2.57. The summed E-state index contributed by atoms with van der Waals surface area (Å²) in [5.74, 6) is 12.3. The van der Waals surface area contributed by atoms with E-state index in [-0.39, 0.29) is 24.0 Å². The zero-order valence-electron chi connectivity index (χ0n) is 15.1. The fourth-order valence-electron chi connectivity index (χ4n) is 2.98. The molecule has 0 spiro atoms. The van der Waals surface area contributed by atoms with E-state index in [1.165, 1.54) is 0 Å². The van der Waals surface area contributed by atoms with Crippen molar-refractivity contribution >= 4 is 0 Å². The van der Waals surface area contributed by atoms with Gasteiger partial charge in [0.15, 0.2) is 0 Å². The summed E-state index contributed by atoms with van der Waals surface area (Å²) in [5, 5.41) is 1.66. The van der Waals surface area contributed by atoms with Crippen LogP contribution >= 0.6 is 0 Å². The second-order valence-corrected chi connectivity index (χ2v) is 6.73. The van der Waals surface area contributed by atoms with Gasteiger partial charge in [0.05, 0.1) is 19.4 Å². The Hall–Kier alpha value is -1.54. The van der Waals surface area contributed by atoms with Gasteiger partial charge in [0.25, 0.3) is 0 Å². The van der Waals surface area contributed by atoms with E-state index < -0.39 is 0 Å². The SMILES string of the molecule is CC1C=CC=C(CN(N)C(NN)[C@H](C)COCc2ccccc2)C1[NH-]. The van der Waals surface area contributed by atoms with Gasteiger partial charge in [-0.15, -0.1) is 6.04 Å². The van der Waals surface area contributed by atoms with Gasteiger partial charge in [0.2, 0.25) is 0 Å². The van der Waals surface area contributed by atoms with Crippen molar-refractivity contribution in [1.29, 1.82) is 0 Å². The third kappa shape index (κ3) is 5.74. The summed E-state index contributed by atoms with van der Waals surface area (Å²) in [6.07, 6.45) is 5.78. The van der Waals surface area contributed by atoms with Crippen molar-refractivity contribution in [2.24, 2.45) is 23.5 Å². The van der Waals surface area contributed by atoms with Crippen LogP contribution in [0.15, 0.2) is 54.1 Å². The normalized spacial score (nSPS) is 22.7. The van der Waals surface area contributed by atoms with Gasteiger partial charge in [-0.1, -0.05) is 68.0 Å². The van der Waals surface area contributed by atoms with Crippen LogP contribution in [0.4, 0.5) is 0 Å². The maximum Gasteiger partial charge on any atom is 0.0906 e. The molecule has 0 saturated heterocycles. The summed E-state index contributed by atoms with van der Waals surface area (Å²) in [6.45, 7) is 5.69. The molecule has 0 bridgehead atoms. The molecule has 0 radical (unpaired) electrons. The lowest BCUT2D eigenvalue weighted by molar-refractivity contribution is 0.0374. The van der Waals surface area contributed by atoms with Crippen LogP contribution in [0.1, 0.15) is 19.4 Å². The number of allylic oxidation sites excluding steroid dienone is 2. The molecule has 1 aliphatic carbocycles. The van der Waals surface area contributed by atoms with E-state index in [9.17, 15) is 0 Å². The first-order valence-corrected chi connectivity index (χ1v) is 8.70. The zero-order chi connectivity index (χ0) is 18.2. The molecule has 2 rings (SSSR count). The number of benzene rings is 1. The minimum absolute atomic E-state index is 0.0973. The number of hydrogen-bond acceptors (Lipinski definition) is 5. The molecule has 0 aromatic heterocycles. The van der Waals surface area contributed by atoms with Crippen molar-refractivity contribution in [2.45, 2.75) is 32.7 Å². The van der Waals surface area contributed by atoms with Gasteiger partial charge in [-0.25, -0.2) is 10.4 Å². The van der Waals surface area contributed by atoms with Crippen LogP contribution in [0.2, 0.25) is 0 Å². The second-order valence-electron chi connectivity index (χ2n) is 6.73. The maximum atomic E-state index is 8.26. The van der Waals surface area contributed by atoms with Crippen LogP contribution in [0.3, 0.4) is 0 Å². The molecule has 6 nitrogen and oxygen atoms in total. The van der Waals surface area contributed by atoms with Crippen LogP contribution in [0.5, 0.6) is 0 Å². The van der Waals surface area contributed by atoms with Crippen LogP contribution in [0.25, 0.3) is 5.73 Å². The van der Waals surface area contributed by atoms with Crippen molar-refractivity contribution in [1.82, 2.24) is 10.4 Å². The van der Waals surface area contributed by atoms with Gasteiger partial charge in [0, 0.05) is 12.5 Å². The quantitative estimate of drug-likeness (QED) is 0.363. The summed E-state index contributed by atoms with van der Waals surface area (Å²) in [4.78, 5) is 0. The molecule has 138 valence electrons.